The van der Waals surface area contributed by atoms with Crippen LogP contribution in [-0.2, 0) is 40.0 Å². The van der Waals surface area contributed by atoms with E-state index in [0.29, 0.717) is 0 Å². The van der Waals surface area contributed by atoms with Gasteiger partial charge in [-0.15, -0.1) is 0 Å². The molecule has 6 nitrogen and oxygen atoms in total. The van der Waals surface area contributed by atoms with E-state index in [4.69, 9.17) is 11.8 Å². The molecule has 0 saturated heterocycles. The molecule has 0 aliphatic carbocycles. The van der Waals surface area contributed by atoms with Crippen molar-refractivity contribution in [1.29, 1.82) is 0 Å². The molecule has 8 heteroatoms. The molecule has 0 rings (SSSR count). The minimum atomic E-state index is -4.32. The monoisotopic (exact) mass is 321 g/mol. The summed E-state index contributed by atoms with van der Waals surface area (Å²) in [5, 5.41) is 0. The molecule has 0 aromatic heterocycles. The van der Waals surface area contributed by atoms with Gasteiger partial charge in [-0.1, -0.05) is 0 Å². The van der Waals surface area contributed by atoms with Gasteiger partial charge in [0.15, 0.2) is 0 Å². The van der Waals surface area contributed by atoms with Gasteiger partial charge >= 0.3 is 31.5 Å². The molecule has 2 N–H and O–H groups in total. The van der Waals surface area contributed by atoms with E-state index in [2.05, 4.69) is 8.57 Å². The standard InChI is InChI=1S/H2N2O4S.Pt/c1-5-7(3,4)6-2;/h1-2H;/q-2;+2. The van der Waals surface area contributed by atoms with Crippen molar-refractivity contribution in [2.75, 3.05) is 0 Å². The molecule has 0 amide bonds. The van der Waals surface area contributed by atoms with Crippen molar-refractivity contribution in [3.8, 4) is 0 Å². The van der Waals surface area contributed by atoms with Crippen molar-refractivity contribution >= 4 is 10.4 Å². The minimum absolute atomic E-state index is 0. The smallest absolute Gasteiger partial charge is 0.530 e. The summed E-state index contributed by atoms with van der Waals surface area (Å²) in [6.45, 7) is 0. The Morgan fingerprint density at radius 1 is 1.12 bits per heavy atom. The van der Waals surface area contributed by atoms with Gasteiger partial charge in [-0.2, -0.15) is 8.42 Å². The van der Waals surface area contributed by atoms with Crippen LogP contribution in [0.15, 0.2) is 0 Å². The van der Waals surface area contributed by atoms with Crippen molar-refractivity contribution < 1.29 is 38.1 Å². The molecule has 52 valence electrons. The molecule has 0 aliphatic rings. The zero-order chi connectivity index (χ0) is 5.91. The maximum Gasteiger partial charge on any atom is 2.00 e. The van der Waals surface area contributed by atoms with Crippen LogP contribution in [0.5, 0.6) is 0 Å². The second-order valence-electron chi connectivity index (χ2n) is 0.575. The van der Waals surface area contributed by atoms with Crippen LogP contribution < -0.4 is 0 Å². The fourth-order valence-corrected chi connectivity index (χ4v) is 0.0510. The summed E-state index contributed by atoms with van der Waals surface area (Å²) in [6, 6.07) is 0. The van der Waals surface area contributed by atoms with Gasteiger partial charge in [-0.05, 0) is 0 Å². The van der Waals surface area contributed by atoms with Crippen LogP contribution in [0.25, 0.3) is 11.8 Å². The Labute approximate surface area is 60.6 Å². The number of hydrogen-bond donors (Lipinski definition) is 0. The van der Waals surface area contributed by atoms with E-state index in [1.165, 1.54) is 0 Å². The van der Waals surface area contributed by atoms with Crippen LogP contribution in [0, 0.1) is 0 Å². The zero-order valence-corrected chi connectivity index (χ0v) is 6.45. The molecular formula is H2N2O4PtS. The summed E-state index contributed by atoms with van der Waals surface area (Å²) in [4.78, 5) is 0. The first kappa shape index (κ1) is 11.3. The van der Waals surface area contributed by atoms with Crippen molar-refractivity contribution in [2.24, 2.45) is 0 Å². The van der Waals surface area contributed by atoms with Gasteiger partial charge in [-0.25, -0.2) is 0 Å². The Bertz CT molecular complexity index is 117. The molecule has 0 spiro atoms. The zero-order valence-electron chi connectivity index (χ0n) is 3.36. The third kappa shape index (κ3) is 4.63. The van der Waals surface area contributed by atoms with Crippen LogP contribution in [0.1, 0.15) is 0 Å². The van der Waals surface area contributed by atoms with E-state index < -0.39 is 10.4 Å². The van der Waals surface area contributed by atoms with Gasteiger partial charge in [0.1, 0.15) is 0 Å². The van der Waals surface area contributed by atoms with Gasteiger partial charge in [-0.3, -0.25) is 0 Å². The van der Waals surface area contributed by atoms with E-state index in [-0.39, 0.29) is 21.1 Å². The van der Waals surface area contributed by atoms with Gasteiger partial charge in [0.05, 0.1) is 0 Å². The Morgan fingerprint density at radius 3 is 1.38 bits per heavy atom. The molecule has 0 aliphatic heterocycles. The van der Waals surface area contributed by atoms with Crippen LogP contribution in [0.4, 0.5) is 0 Å². The summed E-state index contributed by atoms with van der Waals surface area (Å²) < 4.78 is 24.9. The summed E-state index contributed by atoms with van der Waals surface area (Å²) in [5.74, 6) is 11.3. The first-order valence-electron chi connectivity index (χ1n) is 1.07. The first-order chi connectivity index (χ1) is 3.12. The van der Waals surface area contributed by atoms with Crippen LogP contribution >= 0.6 is 0 Å². The molecular weight excluding hydrogens is 319 g/mol. The minimum Gasteiger partial charge on any atom is -0.530 e. The molecule has 0 bridgehead atoms. The molecule has 0 heterocycles. The predicted octanol–water partition coefficient (Wildman–Crippen LogP) is 0.196. The van der Waals surface area contributed by atoms with Crippen LogP contribution in [0.3, 0.4) is 0 Å². The second kappa shape index (κ2) is 4.37. The summed E-state index contributed by atoms with van der Waals surface area (Å²) >= 11 is 0. The van der Waals surface area contributed by atoms with Crippen LogP contribution in [0.2, 0.25) is 0 Å². The van der Waals surface area contributed by atoms with E-state index in [0.717, 1.165) is 0 Å². The van der Waals surface area contributed by atoms with Gasteiger partial charge in [0.2, 0.25) is 0 Å². The molecule has 0 atom stereocenters. The normalized spacial score (nSPS) is 10.2. The van der Waals surface area contributed by atoms with E-state index in [1.807, 2.05) is 0 Å². The molecule has 0 aromatic carbocycles. The molecule has 8 heavy (non-hydrogen) atoms. The van der Waals surface area contributed by atoms with Gasteiger partial charge in [0, 0.05) is 0 Å². The second-order valence-corrected chi connectivity index (χ2v) is 1.72. The van der Waals surface area contributed by atoms with Crippen molar-refractivity contribution in [1.82, 2.24) is 0 Å². The Hall–Kier alpha value is 0.478. The fraction of sp³-hybridized carbons (Fsp3) is 0. The van der Waals surface area contributed by atoms with E-state index in [1.54, 1.807) is 0 Å². The largest absolute Gasteiger partial charge is 2.00 e. The van der Waals surface area contributed by atoms with Crippen molar-refractivity contribution in [3.63, 3.8) is 0 Å². The van der Waals surface area contributed by atoms with E-state index in [9.17, 15) is 8.42 Å². The average molecular weight is 321 g/mol. The molecule has 0 saturated carbocycles. The maximum atomic E-state index is 9.55. The van der Waals surface area contributed by atoms with Crippen molar-refractivity contribution in [2.45, 2.75) is 0 Å². The number of nitrogens with one attached hydrogen (secondary N) is 2. The van der Waals surface area contributed by atoms with E-state index >= 15 is 0 Å². The first-order valence-corrected chi connectivity index (χ1v) is 2.41. The predicted molar refractivity (Wildman–Crippen MR) is 19.7 cm³/mol. The fourth-order valence-electron chi connectivity index (χ4n) is 0.0170. The third-order valence-corrected chi connectivity index (χ3v) is 0.612. The third-order valence-electron chi connectivity index (χ3n) is 0.204. The summed E-state index contributed by atoms with van der Waals surface area (Å²) in [5.41, 5.74) is 0. The summed E-state index contributed by atoms with van der Waals surface area (Å²) in [7, 11) is -4.32. The maximum absolute atomic E-state index is 9.55. The molecule has 0 fully saturated rings. The molecule has 0 aromatic rings. The number of hydrogen-bond acceptors (Lipinski definition) is 4. The number of rotatable bonds is 2. The van der Waals surface area contributed by atoms with Crippen LogP contribution in [-0.4, -0.2) is 8.42 Å². The molecule has 0 unspecified atom stereocenters. The van der Waals surface area contributed by atoms with Crippen molar-refractivity contribution in [3.05, 3.63) is 11.8 Å². The Kier molecular flexibility index (Phi) is 6.17. The molecule has 0 radical (unpaired) electrons. The average Bonchev–Trinajstić information content (AvgIpc) is 1.68. The SMILES string of the molecule is [NH-]OS(=O)(=O)O[NH-].[Pt+2]. The Balaban J connectivity index is 0. The van der Waals surface area contributed by atoms with Gasteiger partial charge in [0.25, 0.3) is 0 Å². The van der Waals surface area contributed by atoms with Gasteiger partial charge < -0.3 is 20.4 Å². The Morgan fingerprint density at radius 2 is 1.38 bits per heavy atom. The summed E-state index contributed by atoms with van der Waals surface area (Å²) in [6.07, 6.45) is 0. The topological polar surface area (TPSA) is 100 Å². The quantitative estimate of drug-likeness (QED) is 0.678.